The van der Waals surface area contributed by atoms with Crippen LogP contribution in [0.25, 0.3) is 0 Å². The summed E-state index contributed by atoms with van der Waals surface area (Å²) in [5, 5.41) is 43.4. The van der Waals surface area contributed by atoms with Crippen LogP contribution < -0.4 is 0 Å². The van der Waals surface area contributed by atoms with Gasteiger partial charge in [0, 0.05) is 11.8 Å². The Morgan fingerprint density at radius 2 is 1.44 bits per heavy atom. The molecule has 6 rings (SSSR count). The first-order valence-electron chi connectivity index (χ1n) is 14.1. The van der Waals surface area contributed by atoms with Crippen LogP contribution in [0.4, 0.5) is 0 Å². The molecule has 202 valence electrons. The summed E-state index contributed by atoms with van der Waals surface area (Å²) in [6, 6.07) is 0. The smallest absolute Gasteiger partial charge is 0.315 e. The maximum atomic E-state index is 13.6. The van der Waals surface area contributed by atoms with E-state index in [9.17, 15) is 30.0 Å². The van der Waals surface area contributed by atoms with Crippen LogP contribution in [0.2, 0.25) is 0 Å². The molecule has 7 nitrogen and oxygen atoms in total. The first-order chi connectivity index (χ1) is 16.6. The third-order valence-electron chi connectivity index (χ3n) is 13.2. The summed E-state index contributed by atoms with van der Waals surface area (Å²) in [6.07, 6.45) is 3.32. The highest BCUT2D eigenvalue weighted by Crippen LogP contribution is 2.76. The van der Waals surface area contributed by atoms with Gasteiger partial charge in [0.1, 0.15) is 11.0 Å². The van der Waals surface area contributed by atoms with E-state index in [1.165, 1.54) is 0 Å². The molecule has 0 radical (unpaired) electrons. The zero-order valence-corrected chi connectivity index (χ0v) is 22.4. The molecule has 1 spiro atoms. The fourth-order valence-electron chi connectivity index (χ4n) is 11.8. The number of aliphatic carboxylic acids is 1. The molecular formula is C29H44O7. The van der Waals surface area contributed by atoms with Gasteiger partial charge >= 0.3 is 11.9 Å². The second-order valence-electron chi connectivity index (χ2n) is 15.1. The molecule has 0 unspecified atom stereocenters. The van der Waals surface area contributed by atoms with Gasteiger partial charge in [-0.25, -0.2) is 0 Å². The van der Waals surface area contributed by atoms with Crippen LogP contribution in [-0.4, -0.2) is 56.3 Å². The Morgan fingerprint density at radius 1 is 0.806 bits per heavy atom. The van der Waals surface area contributed by atoms with Crippen molar-refractivity contribution in [2.24, 2.45) is 50.7 Å². The molecule has 6 aliphatic rings. The van der Waals surface area contributed by atoms with Crippen LogP contribution in [0.15, 0.2) is 0 Å². The normalized spacial score (nSPS) is 59.1. The van der Waals surface area contributed by atoms with E-state index in [1.807, 2.05) is 0 Å². The molecule has 5 saturated carbocycles. The number of carbonyl (C=O) groups is 2. The molecule has 6 fully saturated rings. The molecule has 0 aromatic heterocycles. The number of carboxylic acid groups (broad SMARTS) is 1. The molecule has 7 heteroatoms. The van der Waals surface area contributed by atoms with E-state index < -0.39 is 46.1 Å². The Hall–Kier alpha value is -1.18. The SMILES string of the molecule is CC1(C)C[C@@H](O)[C@@]23CC[C@H]4[C@]5(C)CC[C@@H]6[C@](C)(C[C@H](O)[C@H](O)[C@@]6(C)C(=O)O)[C@H]5CC[C@]4(OC2=O)[C@H]3C1. The number of hydrogen-bond acceptors (Lipinski definition) is 6. The van der Waals surface area contributed by atoms with Gasteiger partial charge in [0.05, 0.1) is 23.7 Å². The predicted molar refractivity (Wildman–Crippen MR) is 131 cm³/mol. The molecule has 1 aliphatic heterocycles. The minimum absolute atomic E-state index is 0.00126. The van der Waals surface area contributed by atoms with Crippen LogP contribution in [0.1, 0.15) is 92.4 Å². The Kier molecular flexibility index (Phi) is 4.93. The number of ether oxygens (including phenoxy) is 1. The van der Waals surface area contributed by atoms with Crippen molar-refractivity contribution in [3.8, 4) is 0 Å². The number of aliphatic hydroxyl groups is 3. The molecule has 4 N–H and O–H groups in total. The van der Waals surface area contributed by atoms with Crippen LogP contribution in [0.5, 0.6) is 0 Å². The lowest BCUT2D eigenvalue weighted by Crippen LogP contribution is -2.71. The fraction of sp³-hybridized carbons (Fsp3) is 0.931. The summed E-state index contributed by atoms with van der Waals surface area (Å²) in [7, 11) is 0. The third kappa shape index (κ3) is 2.61. The van der Waals surface area contributed by atoms with E-state index in [4.69, 9.17) is 4.74 Å². The topological polar surface area (TPSA) is 124 Å². The maximum absolute atomic E-state index is 13.6. The predicted octanol–water partition coefficient (Wildman–Crippen LogP) is 3.52. The first kappa shape index (κ1) is 25.1. The first-order valence-corrected chi connectivity index (χ1v) is 14.1. The van der Waals surface area contributed by atoms with E-state index in [0.29, 0.717) is 25.7 Å². The molecule has 12 atom stereocenters. The summed E-state index contributed by atoms with van der Waals surface area (Å²) in [5.74, 6) is -1.17. The highest BCUT2D eigenvalue weighted by Gasteiger charge is 2.79. The second kappa shape index (κ2) is 7.06. The highest BCUT2D eigenvalue weighted by molar-refractivity contribution is 5.82. The Labute approximate surface area is 214 Å². The van der Waals surface area contributed by atoms with Crippen molar-refractivity contribution in [3.05, 3.63) is 0 Å². The standard InChI is InChI=1S/C29H44O7/c1-24(2)13-19-28(20(31)14-24)10-7-18-25(3)9-6-17-26(4,12-15(30)21(32)27(17,5)22(33)34)16(25)8-11-29(18,19)36-23(28)35/h15-21,30-32H,6-14H2,1-5H3,(H,33,34)/t15-,16-,17+,18-,19-,20+,21-,25+,26+,27-,28-,29+/m0/s1. The van der Waals surface area contributed by atoms with Crippen molar-refractivity contribution < 1.29 is 34.8 Å². The van der Waals surface area contributed by atoms with Gasteiger partial charge < -0.3 is 25.2 Å². The molecule has 2 bridgehead atoms. The number of esters is 1. The van der Waals surface area contributed by atoms with Gasteiger partial charge in [-0.1, -0.05) is 27.7 Å². The summed E-state index contributed by atoms with van der Waals surface area (Å²) >= 11 is 0. The Balaban J connectivity index is 1.43. The molecule has 0 aromatic rings. The van der Waals surface area contributed by atoms with Crippen molar-refractivity contribution in [1.82, 2.24) is 0 Å². The Morgan fingerprint density at radius 3 is 2.11 bits per heavy atom. The van der Waals surface area contributed by atoms with E-state index in [1.54, 1.807) is 6.92 Å². The summed E-state index contributed by atoms with van der Waals surface area (Å²) < 4.78 is 6.50. The maximum Gasteiger partial charge on any atom is 0.315 e. The molecule has 36 heavy (non-hydrogen) atoms. The van der Waals surface area contributed by atoms with Gasteiger partial charge in [-0.15, -0.1) is 0 Å². The minimum atomic E-state index is -1.40. The van der Waals surface area contributed by atoms with Gasteiger partial charge in [-0.3, -0.25) is 9.59 Å². The number of aliphatic hydroxyl groups excluding tert-OH is 3. The van der Waals surface area contributed by atoms with E-state index >= 15 is 0 Å². The zero-order chi connectivity index (χ0) is 26.3. The van der Waals surface area contributed by atoms with Crippen LogP contribution >= 0.6 is 0 Å². The molecule has 1 saturated heterocycles. The number of rotatable bonds is 1. The van der Waals surface area contributed by atoms with E-state index in [-0.39, 0.29) is 40.5 Å². The third-order valence-corrected chi connectivity index (χ3v) is 13.2. The number of carbonyl (C=O) groups excluding carboxylic acids is 1. The van der Waals surface area contributed by atoms with E-state index in [2.05, 4.69) is 27.7 Å². The van der Waals surface area contributed by atoms with Crippen molar-refractivity contribution in [2.75, 3.05) is 0 Å². The molecule has 0 amide bonds. The van der Waals surface area contributed by atoms with Crippen LogP contribution in [0, 0.1) is 50.7 Å². The second-order valence-corrected chi connectivity index (χ2v) is 15.1. The number of fused-ring (bicyclic) bond motifs is 4. The van der Waals surface area contributed by atoms with Gasteiger partial charge in [0.15, 0.2) is 0 Å². The van der Waals surface area contributed by atoms with Crippen molar-refractivity contribution in [1.29, 1.82) is 0 Å². The van der Waals surface area contributed by atoms with Gasteiger partial charge in [-0.2, -0.15) is 0 Å². The van der Waals surface area contributed by atoms with Gasteiger partial charge in [0.25, 0.3) is 0 Å². The zero-order valence-electron chi connectivity index (χ0n) is 22.4. The molecule has 5 aliphatic carbocycles. The molecule has 0 aromatic carbocycles. The van der Waals surface area contributed by atoms with Gasteiger partial charge in [-0.05, 0) is 92.8 Å². The largest absolute Gasteiger partial charge is 0.481 e. The van der Waals surface area contributed by atoms with Crippen molar-refractivity contribution in [3.63, 3.8) is 0 Å². The Bertz CT molecular complexity index is 1010. The lowest BCUT2D eigenvalue weighted by Gasteiger charge is -2.70. The average molecular weight is 505 g/mol. The lowest BCUT2D eigenvalue weighted by atomic mass is 9.34. The summed E-state index contributed by atoms with van der Waals surface area (Å²) in [5.41, 5.74) is -3.45. The fourth-order valence-corrected chi connectivity index (χ4v) is 11.8. The molecule has 1 heterocycles. The lowest BCUT2D eigenvalue weighted by molar-refractivity contribution is -0.266. The van der Waals surface area contributed by atoms with Crippen LogP contribution in [-0.2, 0) is 14.3 Å². The molecular weight excluding hydrogens is 460 g/mol. The minimum Gasteiger partial charge on any atom is -0.481 e. The summed E-state index contributed by atoms with van der Waals surface area (Å²) in [6.45, 7) is 10.5. The van der Waals surface area contributed by atoms with E-state index in [0.717, 1.165) is 32.1 Å². The van der Waals surface area contributed by atoms with Crippen LogP contribution in [0.3, 0.4) is 0 Å². The summed E-state index contributed by atoms with van der Waals surface area (Å²) in [4.78, 5) is 26.1. The number of carboxylic acids is 1. The van der Waals surface area contributed by atoms with Crippen molar-refractivity contribution >= 4 is 11.9 Å². The monoisotopic (exact) mass is 504 g/mol. The van der Waals surface area contributed by atoms with Crippen molar-refractivity contribution in [2.45, 2.75) is 116 Å². The number of hydrogen-bond donors (Lipinski definition) is 4. The highest BCUT2D eigenvalue weighted by atomic mass is 16.6. The van der Waals surface area contributed by atoms with Gasteiger partial charge in [0.2, 0.25) is 0 Å². The quantitative estimate of drug-likeness (QED) is 0.403. The average Bonchev–Trinajstić information content (AvgIpc) is 2.90.